The van der Waals surface area contributed by atoms with Gasteiger partial charge in [0.25, 0.3) is 11.5 Å². The molecule has 0 bridgehead atoms. The van der Waals surface area contributed by atoms with Gasteiger partial charge in [0.2, 0.25) is 0 Å². The van der Waals surface area contributed by atoms with Crippen LogP contribution < -0.4 is 21.9 Å². The number of nitrogens with zero attached hydrogens (tertiary/aromatic N) is 3. The highest BCUT2D eigenvalue weighted by Gasteiger charge is 2.26. The van der Waals surface area contributed by atoms with Crippen molar-refractivity contribution in [2.24, 2.45) is 0 Å². The third-order valence-corrected chi connectivity index (χ3v) is 4.76. The molecule has 0 radical (unpaired) electrons. The Kier molecular flexibility index (Phi) is 6.05. The number of hydrogen-bond acceptors (Lipinski definition) is 5. The van der Waals surface area contributed by atoms with E-state index in [1.807, 2.05) is 30.3 Å². The molecule has 0 atom stereocenters. The van der Waals surface area contributed by atoms with E-state index < -0.39 is 17.2 Å². The minimum atomic E-state index is -0.787. The van der Waals surface area contributed by atoms with Gasteiger partial charge < -0.3 is 5.73 Å². The van der Waals surface area contributed by atoms with E-state index in [0.29, 0.717) is 0 Å². The van der Waals surface area contributed by atoms with Crippen LogP contribution in [-0.4, -0.2) is 27.0 Å². The number of aromatic amines is 1. The van der Waals surface area contributed by atoms with Crippen LogP contribution in [0, 0.1) is 0 Å². The SMILES string of the molecule is CCN(C(=O)c1nc(Cl)ccc1Cl)c1c(N)n(Cc2ccccc2)c(=O)[nH]c1=O. The molecule has 0 unspecified atom stereocenters. The van der Waals surface area contributed by atoms with Gasteiger partial charge in [0.05, 0.1) is 11.6 Å². The number of halogens is 2. The number of H-pyrrole nitrogens is 1. The van der Waals surface area contributed by atoms with Crippen LogP contribution >= 0.6 is 23.2 Å². The monoisotopic (exact) mass is 433 g/mol. The summed E-state index contributed by atoms with van der Waals surface area (Å²) >= 11 is 12.0. The summed E-state index contributed by atoms with van der Waals surface area (Å²) in [6, 6.07) is 12.0. The normalized spacial score (nSPS) is 10.7. The maximum atomic E-state index is 13.0. The van der Waals surface area contributed by atoms with Gasteiger partial charge in [-0.25, -0.2) is 9.78 Å². The molecule has 0 saturated carbocycles. The largest absolute Gasteiger partial charge is 0.383 e. The van der Waals surface area contributed by atoms with Crippen LogP contribution in [0.15, 0.2) is 52.1 Å². The van der Waals surface area contributed by atoms with E-state index in [-0.39, 0.29) is 40.5 Å². The first-order valence-corrected chi connectivity index (χ1v) is 9.39. The Balaban J connectivity index is 2.12. The molecule has 8 nitrogen and oxygen atoms in total. The zero-order valence-electron chi connectivity index (χ0n) is 15.4. The van der Waals surface area contributed by atoms with E-state index in [4.69, 9.17) is 28.9 Å². The number of rotatable bonds is 5. The van der Waals surface area contributed by atoms with E-state index in [1.165, 1.54) is 16.7 Å². The van der Waals surface area contributed by atoms with Gasteiger partial charge in [0.1, 0.15) is 16.7 Å². The van der Waals surface area contributed by atoms with Crippen molar-refractivity contribution >= 4 is 40.6 Å². The number of anilines is 2. The Morgan fingerprint density at radius 2 is 1.86 bits per heavy atom. The molecule has 0 aliphatic rings. The van der Waals surface area contributed by atoms with Gasteiger partial charge in [-0.3, -0.25) is 24.0 Å². The van der Waals surface area contributed by atoms with Gasteiger partial charge >= 0.3 is 5.69 Å². The molecule has 0 aliphatic heterocycles. The van der Waals surface area contributed by atoms with Crippen LogP contribution in [-0.2, 0) is 6.54 Å². The average Bonchev–Trinajstić information content (AvgIpc) is 2.70. The van der Waals surface area contributed by atoms with Crippen molar-refractivity contribution < 1.29 is 4.79 Å². The van der Waals surface area contributed by atoms with Crippen molar-refractivity contribution in [2.45, 2.75) is 13.5 Å². The summed E-state index contributed by atoms with van der Waals surface area (Å²) in [4.78, 5) is 45.2. The molecule has 1 aromatic carbocycles. The molecule has 0 aliphatic carbocycles. The van der Waals surface area contributed by atoms with E-state index in [9.17, 15) is 14.4 Å². The number of pyridine rings is 1. The van der Waals surface area contributed by atoms with E-state index in [0.717, 1.165) is 10.5 Å². The minimum absolute atomic E-state index is 0.0738. The highest BCUT2D eigenvalue weighted by Crippen LogP contribution is 2.23. The Bertz CT molecular complexity index is 1170. The molecule has 2 heterocycles. The minimum Gasteiger partial charge on any atom is -0.383 e. The van der Waals surface area contributed by atoms with Crippen molar-refractivity contribution in [3.63, 3.8) is 0 Å². The van der Waals surface area contributed by atoms with Gasteiger partial charge in [0.15, 0.2) is 5.69 Å². The summed E-state index contributed by atoms with van der Waals surface area (Å²) in [6.07, 6.45) is 0. The molecular formula is C19H17Cl2N5O3. The summed E-state index contributed by atoms with van der Waals surface area (Å²) in [5.41, 5.74) is 5.21. The van der Waals surface area contributed by atoms with E-state index in [2.05, 4.69) is 9.97 Å². The predicted molar refractivity (Wildman–Crippen MR) is 113 cm³/mol. The van der Waals surface area contributed by atoms with Crippen molar-refractivity contribution in [1.82, 2.24) is 14.5 Å². The maximum absolute atomic E-state index is 13.0. The van der Waals surface area contributed by atoms with Crippen LogP contribution in [0.5, 0.6) is 0 Å². The molecule has 3 rings (SSSR count). The zero-order chi connectivity index (χ0) is 21.1. The van der Waals surface area contributed by atoms with Crippen molar-refractivity contribution in [1.29, 1.82) is 0 Å². The third-order valence-electron chi connectivity index (χ3n) is 4.24. The molecule has 2 aromatic heterocycles. The lowest BCUT2D eigenvalue weighted by molar-refractivity contribution is 0.0983. The first-order chi connectivity index (χ1) is 13.8. The maximum Gasteiger partial charge on any atom is 0.330 e. The van der Waals surface area contributed by atoms with Gasteiger partial charge in [-0.1, -0.05) is 53.5 Å². The number of nitrogen functional groups attached to an aromatic ring is 1. The quantitative estimate of drug-likeness (QED) is 0.599. The predicted octanol–water partition coefficient (Wildman–Crippen LogP) is 2.54. The van der Waals surface area contributed by atoms with Crippen molar-refractivity contribution in [2.75, 3.05) is 17.2 Å². The second-order valence-corrected chi connectivity index (χ2v) is 6.87. The highest BCUT2D eigenvalue weighted by molar-refractivity contribution is 6.35. The van der Waals surface area contributed by atoms with Crippen LogP contribution in [0.3, 0.4) is 0 Å². The fourth-order valence-corrected chi connectivity index (χ4v) is 3.19. The van der Waals surface area contributed by atoms with Crippen molar-refractivity contribution in [3.05, 3.63) is 84.7 Å². The van der Waals surface area contributed by atoms with E-state index >= 15 is 0 Å². The number of benzene rings is 1. The summed E-state index contributed by atoms with van der Waals surface area (Å²) in [7, 11) is 0. The fourth-order valence-electron chi connectivity index (χ4n) is 2.86. The van der Waals surface area contributed by atoms with Crippen molar-refractivity contribution in [3.8, 4) is 0 Å². The van der Waals surface area contributed by atoms with Gasteiger partial charge in [0, 0.05) is 6.54 Å². The first-order valence-electron chi connectivity index (χ1n) is 8.64. The van der Waals surface area contributed by atoms with Gasteiger partial charge in [-0.15, -0.1) is 0 Å². The lowest BCUT2D eigenvalue weighted by atomic mass is 10.2. The number of carbonyl (C=O) groups excluding carboxylic acids is 1. The average molecular weight is 434 g/mol. The number of nitrogens with two attached hydrogens (primary N) is 1. The number of hydrogen-bond donors (Lipinski definition) is 2. The lowest BCUT2D eigenvalue weighted by Gasteiger charge is -2.23. The number of carbonyl (C=O) groups is 1. The molecule has 150 valence electrons. The first kappa shape index (κ1) is 20.6. The molecule has 0 saturated heterocycles. The smallest absolute Gasteiger partial charge is 0.330 e. The molecule has 1 amide bonds. The summed E-state index contributed by atoms with van der Waals surface area (Å²) in [5.74, 6) is -0.807. The fraction of sp³-hybridized carbons (Fsp3) is 0.158. The topological polar surface area (TPSA) is 114 Å². The molecule has 29 heavy (non-hydrogen) atoms. The number of amides is 1. The molecular weight excluding hydrogens is 417 g/mol. The molecule has 0 fully saturated rings. The van der Waals surface area contributed by atoms with Crippen LogP contribution in [0.4, 0.5) is 11.5 Å². The molecule has 3 N–H and O–H groups in total. The third kappa shape index (κ3) is 4.18. The summed E-state index contributed by atoms with van der Waals surface area (Å²) in [6.45, 7) is 1.86. The lowest BCUT2D eigenvalue weighted by Crippen LogP contribution is -2.41. The van der Waals surface area contributed by atoms with Crippen LogP contribution in [0.25, 0.3) is 0 Å². The molecule has 10 heteroatoms. The van der Waals surface area contributed by atoms with Crippen LogP contribution in [0.1, 0.15) is 23.0 Å². The number of nitrogens with one attached hydrogen (secondary N) is 1. The van der Waals surface area contributed by atoms with Crippen LogP contribution in [0.2, 0.25) is 10.2 Å². The second-order valence-electron chi connectivity index (χ2n) is 6.08. The highest BCUT2D eigenvalue weighted by atomic mass is 35.5. The summed E-state index contributed by atoms with van der Waals surface area (Å²) < 4.78 is 1.19. The van der Waals surface area contributed by atoms with Gasteiger partial charge in [-0.05, 0) is 24.6 Å². The summed E-state index contributed by atoms with van der Waals surface area (Å²) in [5, 5.41) is 0.148. The van der Waals surface area contributed by atoms with Gasteiger partial charge in [-0.2, -0.15) is 0 Å². The standard InChI is InChI=1S/C19H17Cl2N5O3/c1-2-25(18(28)14-12(20)8-9-13(21)23-14)15-16(22)26(19(29)24-17(15)27)10-11-6-4-3-5-7-11/h3-9H,2,10,22H2,1H3,(H,24,27,29). The van der Waals surface area contributed by atoms with E-state index in [1.54, 1.807) is 6.92 Å². The molecule has 0 spiro atoms. The zero-order valence-corrected chi connectivity index (χ0v) is 16.9. The second kappa shape index (κ2) is 8.50. The Morgan fingerprint density at radius 1 is 1.17 bits per heavy atom. The Labute approximate surface area is 175 Å². The Hall–Kier alpha value is -3.10. The molecule has 3 aromatic rings. The Morgan fingerprint density at radius 3 is 2.52 bits per heavy atom. The number of aromatic nitrogens is 3.